The molecule has 1 aromatic carbocycles. The van der Waals surface area contributed by atoms with Crippen LogP contribution >= 0.6 is 0 Å². The number of hydrogen-bond donors (Lipinski definition) is 0. The van der Waals surface area contributed by atoms with Gasteiger partial charge < -0.3 is 4.74 Å². The number of aryl methyl sites for hydroxylation is 2. The van der Waals surface area contributed by atoms with Gasteiger partial charge >= 0.3 is 0 Å². The Hall–Kier alpha value is -1.31. The van der Waals surface area contributed by atoms with Crippen molar-refractivity contribution in [3.63, 3.8) is 0 Å². The van der Waals surface area contributed by atoms with E-state index in [1.165, 1.54) is 6.42 Å². The Labute approximate surface area is 116 Å². The van der Waals surface area contributed by atoms with Gasteiger partial charge in [-0.05, 0) is 43.9 Å². The van der Waals surface area contributed by atoms with Crippen LogP contribution in [-0.2, 0) is 0 Å². The molecule has 1 aliphatic rings. The predicted octanol–water partition coefficient (Wildman–Crippen LogP) is 4.47. The van der Waals surface area contributed by atoms with E-state index in [1.54, 1.807) is 7.11 Å². The molecule has 2 nitrogen and oxygen atoms in total. The van der Waals surface area contributed by atoms with E-state index in [1.807, 2.05) is 19.9 Å². The van der Waals surface area contributed by atoms with Crippen molar-refractivity contribution in [2.24, 2.45) is 5.41 Å². The van der Waals surface area contributed by atoms with Gasteiger partial charge in [-0.1, -0.05) is 32.3 Å². The summed E-state index contributed by atoms with van der Waals surface area (Å²) < 4.78 is 5.44. The van der Waals surface area contributed by atoms with Crippen molar-refractivity contribution in [2.75, 3.05) is 7.11 Å². The van der Waals surface area contributed by atoms with E-state index in [2.05, 4.69) is 13.0 Å². The molecule has 1 saturated carbocycles. The molecule has 0 atom stereocenters. The molecule has 0 aliphatic heterocycles. The Bertz CT molecular complexity index is 482. The van der Waals surface area contributed by atoms with Crippen molar-refractivity contribution in [1.82, 2.24) is 0 Å². The van der Waals surface area contributed by atoms with Gasteiger partial charge in [-0.2, -0.15) is 0 Å². The highest BCUT2D eigenvalue weighted by molar-refractivity contribution is 6.04. The van der Waals surface area contributed by atoms with Gasteiger partial charge in [-0.15, -0.1) is 0 Å². The number of carbonyl (C=O) groups excluding carboxylic acids is 1. The zero-order valence-electron chi connectivity index (χ0n) is 12.5. The molecule has 2 rings (SSSR count). The van der Waals surface area contributed by atoms with E-state index in [-0.39, 0.29) is 11.2 Å². The first-order valence-corrected chi connectivity index (χ1v) is 7.18. The minimum atomic E-state index is -0.203. The standard InChI is InChI=1S/C17H24O2/c1-12-10-13(2)15(14(11-12)19-4)16(18)17(3)8-6-5-7-9-17/h10-11H,5-9H2,1-4H3. The fourth-order valence-corrected chi connectivity index (χ4v) is 3.24. The van der Waals surface area contributed by atoms with Crippen molar-refractivity contribution < 1.29 is 9.53 Å². The van der Waals surface area contributed by atoms with Gasteiger partial charge in [0.15, 0.2) is 5.78 Å². The second-order valence-electron chi connectivity index (χ2n) is 6.11. The Morgan fingerprint density at radius 1 is 1.16 bits per heavy atom. The van der Waals surface area contributed by atoms with Crippen LogP contribution in [0.1, 0.15) is 60.5 Å². The van der Waals surface area contributed by atoms with Crippen LogP contribution < -0.4 is 4.74 Å². The smallest absolute Gasteiger partial charge is 0.172 e. The first-order chi connectivity index (χ1) is 8.98. The Balaban J connectivity index is 2.43. The van der Waals surface area contributed by atoms with E-state index in [0.717, 1.165) is 48.1 Å². The number of carbonyl (C=O) groups is 1. The monoisotopic (exact) mass is 260 g/mol. The molecular weight excluding hydrogens is 236 g/mol. The number of ketones is 1. The molecule has 0 spiro atoms. The zero-order chi connectivity index (χ0) is 14.0. The van der Waals surface area contributed by atoms with Crippen LogP contribution in [0.4, 0.5) is 0 Å². The first-order valence-electron chi connectivity index (χ1n) is 7.18. The molecule has 0 amide bonds. The first kappa shape index (κ1) is 14.1. The summed E-state index contributed by atoms with van der Waals surface area (Å²) >= 11 is 0. The molecule has 0 saturated heterocycles. The highest BCUT2D eigenvalue weighted by Crippen LogP contribution is 2.41. The van der Waals surface area contributed by atoms with Crippen LogP contribution in [0.3, 0.4) is 0 Å². The van der Waals surface area contributed by atoms with Crippen LogP contribution in [-0.4, -0.2) is 12.9 Å². The van der Waals surface area contributed by atoms with Crippen molar-refractivity contribution >= 4 is 5.78 Å². The molecular formula is C17H24O2. The van der Waals surface area contributed by atoms with Crippen LogP contribution in [0.2, 0.25) is 0 Å². The topological polar surface area (TPSA) is 26.3 Å². The summed E-state index contributed by atoms with van der Waals surface area (Å²) in [4.78, 5) is 13.0. The highest BCUT2D eigenvalue weighted by Gasteiger charge is 2.37. The number of methoxy groups -OCH3 is 1. The van der Waals surface area contributed by atoms with Crippen molar-refractivity contribution in [1.29, 1.82) is 0 Å². The van der Waals surface area contributed by atoms with Crippen LogP contribution in [0.5, 0.6) is 5.75 Å². The van der Waals surface area contributed by atoms with E-state index in [4.69, 9.17) is 4.74 Å². The second kappa shape index (κ2) is 5.36. The lowest BCUT2D eigenvalue weighted by Crippen LogP contribution is -2.31. The van der Waals surface area contributed by atoms with Gasteiger partial charge in [0.25, 0.3) is 0 Å². The molecule has 0 bridgehead atoms. The number of benzene rings is 1. The van der Waals surface area contributed by atoms with Gasteiger partial charge in [0, 0.05) is 5.41 Å². The number of Topliss-reactive ketones (excluding diaryl/α,β-unsaturated/α-hetero) is 1. The maximum Gasteiger partial charge on any atom is 0.172 e. The maximum absolute atomic E-state index is 13.0. The average molecular weight is 260 g/mol. The van der Waals surface area contributed by atoms with E-state index in [9.17, 15) is 4.79 Å². The average Bonchev–Trinajstić information content (AvgIpc) is 2.38. The second-order valence-corrected chi connectivity index (χ2v) is 6.11. The minimum absolute atomic E-state index is 0.203. The molecule has 19 heavy (non-hydrogen) atoms. The van der Waals surface area contributed by atoms with Gasteiger partial charge in [0.1, 0.15) is 5.75 Å². The summed E-state index contributed by atoms with van der Waals surface area (Å²) in [6.07, 6.45) is 5.59. The van der Waals surface area contributed by atoms with Gasteiger partial charge in [0.05, 0.1) is 12.7 Å². The lowest BCUT2D eigenvalue weighted by Gasteiger charge is -2.33. The molecule has 0 heterocycles. The summed E-state index contributed by atoms with van der Waals surface area (Å²) in [5.41, 5.74) is 2.76. The minimum Gasteiger partial charge on any atom is -0.496 e. The molecule has 104 valence electrons. The SMILES string of the molecule is COc1cc(C)cc(C)c1C(=O)C1(C)CCCCC1. The van der Waals surface area contributed by atoms with Crippen molar-refractivity contribution in [3.05, 3.63) is 28.8 Å². The fraction of sp³-hybridized carbons (Fsp3) is 0.588. The van der Waals surface area contributed by atoms with Crippen LogP contribution in [0.15, 0.2) is 12.1 Å². The third kappa shape index (κ3) is 2.68. The van der Waals surface area contributed by atoms with E-state index in [0.29, 0.717) is 0 Å². The summed E-state index contributed by atoms with van der Waals surface area (Å²) in [5, 5.41) is 0. The zero-order valence-corrected chi connectivity index (χ0v) is 12.5. The quantitative estimate of drug-likeness (QED) is 0.750. The molecule has 1 fully saturated rings. The van der Waals surface area contributed by atoms with Gasteiger partial charge in [-0.3, -0.25) is 4.79 Å². The van der Waals surface area contributed by atoms with Crippen LogP contribution in [0, 0.1) is 19.3 Å². The van der Waals surface area contributed by atoms with Crippen molar-refractivity contribution in [3.8, 4) is 5.75 Å². The third-order valence-electron chi connectivity index (χ3n) is 4.40. The lowest BCUT2D eigenvalue weighted by atomic mass is 9.70. The molecule has 0 aromatic heterocycles. The Morgan fingerprint density at radius 3 is 2.37 bits per heavy atom. The predicted molar refractivity (Wildman–Crippen MR) is 78.0 cm³/mol. The van der Waals surface area contributed by atoms with Crippen molar-refractivity contribution in [2.45, 2.75) is 52.9 Å². The largest absolute Gasteiger partial charge is 0.496 e. The molecule has 1 aromatic rings. The molecule has 0 N–H and O–H groups in total. The molecule has 1 aliphatic carbocycles. The maximum atomic E-state index is 13.0. The summed E-state index contributed by atoms with van der Waals surface area (Å²) in [5.74, 6) is 0.996. The lowest BCUT2D eigenvalue weighted by molar-refractivity contribution is 0.0745. The highest BCUT2D eigenvalue weighted by atomic mass is 16.5. The van der Waals surface area contributed by atoms with Gasteiger partial charge in [0.2, 0.25) is 0 Å². The van der Waals surface area contributed by atoms with Gasteiger partial charge in [-0.25, -0.2) is 0 Å². The van der Waals surface area contributed by atoms with Crippen LogP contribution in [0.25, 0.3) is 0 Å². The number of ether oxygens (including phenoxy) is 1. The Morgan fingerprint density at radius 2 is 1.79 bits per heavy atom. The third-order valence-corrected chi connectivity index (χ3v) is 4.40. The molecule has 2 heteroatoms. The summed E-state index contributed by atoms with van der Waals surface area (Å²) in [6.45, 7) is 6.16. The Kier molecular flexibility index (Phi) is 3.98. The van der Waals surface area contributed by atoms with E-state index >= 15 is 0 Å². The number of rotatable bonds is 3. The summed E-state index contributed by atoms with van der Waals surface area (Å²) in [7, 11) is 1.65. The normalized spacial score (nSPS) is 18.1. The molecule has 0 radical (unpaired) electrons. The fourth-order valence-electron chi connectivity index (χ4n) is 3.24. The number of hydrogen-bond acceptors (Lipinski definition) is 2. The van der Waals surface area contributed by atoms with E-state index < -0.39 is 0 Å². The summed E-state index contributed by atoms with van der Waals surface area (Å²) in [6, 6.07) is 4.04. The molecule has 0 unspecified atom stereocenters.